The van der Waals surface area contributed by atoms with Gasteiger partial charge in [-0.05, 0) is 62.1 Å². The van der Waals surface area contributed by atoms with Gasteiger partial charge < -0.3 is 25.0 Å². The van der Waals surface area contributed by atoms with Gasteiger partial charge in [-0.15, -0.1) is 0 Å². The Labute approximate surface area is 190 Å². The summed E-state index contributed by atoms with van der Waals surface area (Å²) < 4.78 is 11.0. The highest BCUT2D eigenvalue weighted by Crippen LogP contribution is 2.23. The van der Waals surface area contributed by atoms with Gasteiger partial charge in [-0.25, -0.2) is 0 Å². The van der Waals surface area contributed by atoms with Gasteiger partial charge in [0.15, 0.2) is 0 Å². The van der Waals surface area contributed by atoms with Gasteiger partial charge in [0.1, 0.15) is 12.4 Å². The molecule has 1 fully saturated rings. The van der Waals surface area contributed by atoms with Gasteiger partial charge in [0.2, 0.25) is 5.91 Å². The average Bonchev–Trinajstić information content (AvgIpc) is 2.82. The van der Waals surface area contributed by atoms with Crippen LogP contribution in [0.3, 0.4) is 0 Å². The van der Waals surface area contributed by atoms with Crippen LogP contribution in [0.15, 0.2) is 48.5 Å². The maximum atomic E-state index is 12.7. The summed E-state index contributed by atoms with van der Waals surface area (Å²) in [7, 11) is 0. The van der Waals surface area contributed by atoms with Crippen molar-refractivity contribution in [3.63, 3.8) is 0 Å². The third kappa shape index (κ3) is 6.99. The molecule has 0 saturated carbocycles. The van der Waals surface area contributed by atoms with Crippen molar-refractivity contribution >= 4 is 23.2 Å². The number of piperidine rings is 1. The molecule has 2 aromatic carbocycles. The van der Waals surface area contributed by atoms with Crippen LogP contribution in [0.4, 0.5) is 11.4 Å². The summed E-state index contributed by atoms with van der Waals surface area (Å²) in [5, 5.41) is 5.97. The molecule has 32 heavy (non-hydrogen) atoms. The number of benzene rings is 2. The molecule has 7 heteroatoms. The molecule has 0 radical (unpaired) electrons. The van der Waals surface area contributed by atoms with E-state index in [2.05, 4.69) is 17.6 Å². The molecule has 1 heterocycles. The highest BCUT2D eigenvalue weighted by molar-refractivity contribution is 5.96. The largest absolute Gasteiger partial charge is 0.489 e. The summed E-state index contributed by atoms with van der Waals surface area (Å²) in [6.45, 7) is 7.48. The Morgan fingerprint density at radius 2 is 1.75 bits per heavy atom. The van der Waals surface area contributed by atoms with E-state index in [-0.39, 0.29) is 18.4 Å². The lowest BCUT2D eigenvalue weighted by atomic mass is 9.98. The molecule has 1 saturated heterocycles. The van der Waals surface area contributed by atoms with Crippen LogP contribution in [-0.2, 0) is 9.53 Å². The Hall–Kier alpha value is -3.06. The summed E-state index contributed by atoms with van der Waals surface area (Å²) in [5.74, 6) is 1.23. The van der Waals surface area contributed by atoms with Crippen molar-refractivity contribution in [3.05, 3.63) is 54.1 Å². The van der Waals surface area contributed by atoms with Crippen molar-refractivity contribution in [1.82, 2.24) is 4.90 Å². The normalized spacial score (nSPS) is 14.1. The first-order valence-electron chi connectivity index (χ1n) is 11.3. The Morgan fingerprint density at radius 1 is 1.03 bits per heavy atom. The van der Waals surface area contributed by atoms with Crippen molar-refractivity contribution in [3.8, 4) is 5.75 Å². The van der Waals surface area contributed by atoms with Crippen molar-refractivity contribution in [2.75, 3.05) is 50.1 Å². The van der Waals surface area contributed by atoms with E-state index in [4.69, 9.17) is 9.47 Å². The van der Waals surface area contributed by atoms with Crippen molar-refractivity contribution < 1.29 is 19.1 Å². The lowest BCUT2D eigenvalue weighted by molar-refractivity contribution is -0.114. The molecule has 2 aromatic rings. The number of likely N-dealkylation sites (tertiary alicyclic amines) is 1. The third-order valence-corrected chi connectivity index (χ3v) is 5.50. The van der Waals surface area contributed by atoms with Gasteiger partial charge in [-0.1, -0.05) is 19.1 Å². The second-order valence-corrected chi connectivity index (χ2v) is 8.00. The van der Waals surface area contributed by atoms with Crippen molar-refractivity contribution in [2.45, 2.75) is 26.7 Å². The summed E-state index contributed by atoms with van der Waals surface area (Å²) in [5.41, 5.74) is 2.05. The lowest BCUT2D eigenvalue weighted by Gasteiger charge is -2.30. The number of amides is 2. The molecule has 0 unspecified atom stereocenters. The van der Waals surface area contributed by atoms with Crippen LogP contribution in [0, 0.1) is 5.92 Å². The molecule has 1 aliphatic rings. The first-order chi connectivity index (χ1) is 15.6. The summed E-state index contributed by atoms with van der Waals surface area (Å²) in [6.07, 6.45) is 2.10. The van der Waals surface area contributed by atoms with Crippen LogP contribution >= 0.6 is 0 Å². The van der Waals surface area contributed by atoms with E-state index in [1.807, 2.05) is 36.1 Å². The SMILES string of the molecule is CCOCCOc1ccccc1NCC(=O)Nc1ccc(C(=O)N2CCC(C)CC2)cc1. The number of hydrogen-bond acceptors (Lipinski definition) is 5. The maximum absolute atomic E-state index is 12.7. The predicted octanol–water partition coefficient (Wildman–Crippen LogP) is 4.02. The Bertz CT molecular complexity index is 877. The second kappa shape index (κ2) is 12.1. The number of nitrogens with one attached hydrogen (secondary N) is 2. The molecule has 3 rings (SSSR count). The molecule has 0 aromatic heterocycles. The molecule has 2 amide bonds. The van der Waals surface area contributed by atoms with E-state index in [0.717, 1.165) is 31.6 Å². The molecular weight excluding hydrogens is 406 g/mol. The zero-order valence-electron chi connectivity index (χ0n) is 18.9. The van der Waals surface area contributed by atoms with Crippen LogP contribution in [0.25, 0.3) is 0 Å². The highest BCUT2D eigenvalue weighted by Gasteiger charge is 2.21. The third-order valence-electron chi connectivity index (χ3n) is 5.50. The van der Waals surface area contributed by atoms with Gasteiger partial charge in [0.05, 0.1) is 18.8 Å². The number of para-hydroxylation sites is 2. The number of ether oxygens (including phenoxy) is 2. The number of carbonyl (C=O) groups is 2. The first-order valence-corrected chi connectivity index (χ1v) is 11.3. The van der Waals surface area contributed by atoms with E-state index >= 15 is 0 Å². The standard InChI is InChI=1S/C25H33N3O4/c1-3-31-16-17-32-23-7-5-4-6-22(23)26-18-24(29)27-21-10-8-20(9-11-21)25(30)28-14-12-19(2)13-15-28/h4-11,19,26H,3,12-18H2,1-2H3,(H,27,29). The summed E-state index contributed by atoms with van der Waals surface area (Å²) in [6, 6.07) is 14.6. The predicted molar refractivity (Wildman–Crippen MR) is 126 cm³/mol. The minimum Gasteiger partial charge on any atom is -0.489 e. The summed E-state index contributed by atoms with van der Waals surface area (Å²) in [4.78, 5) is 26.9. The number of rotatable bonds is 10. The molecular formula is C25H33N3O4. The topological polar surface area (TPSA) is 79.9 Å². The van der Waals surface area contributed by atoms with Gasteiger partial charge in [-0.3, -0.25) is 9.59 Å². The fraction of sp³-hybridized carbons (Fsp3) is 0.440. The minimum absolute atomic E-state index is 0.0531. The Morgan fingerprint density at radius 3 is 2.47 bits per heavy atom. The molecule has 0 bridgehead atoms. The second-order valence-electron chi connectivity index (χ2n) is 8.00. The zero-order valence-corrected chi connectivity index (χ0v) is 18.9. The van der Waals surface area contributed by atoms with Gasteiger partial charge in [0.25, 0.3) is 5.91 Å². The number of anilines is 2. The minimum atomic E-state index is -0.182. The van der Waals surface area contributed by atoms with Crippen LogP contribution in [-0.4, -0.2) is 56.2 Å². The van der Waals surface area contributed by atoms with Crippen LogP contribution in [0.1, 0.15) is 37.0 Å². The van der Waals surface area contributed by atoms with Gasteiger partial charge in [0, 0.05) is 30.9 Å². The fourth-order valence-corrected chi connectivity index (χ4v) is 3.56. The van der Waals surface area contributed by atoms with Crippen molar-refractivity contribution in [2.24, 2.45) is 5.92 Å². The van der Waals surface area contributed by atoms with E-state index in [1.165, 1.54) is 0 Å². The monoisotopic (exact) mass is 439 g/mol. The van der Waals surface area contributed by atoms with E-state index < -0.39 is 0 Å². The van der Waals surface area contributed by atoms with Crippen molar-refractivity contribution in [1.29, 1.82) is 0 Å². The number of carbonyl (C=O) groups excluding carboxylic acids is 2. The van der Waals surface area contributed by atoms with Gasteiger partial charge >= 0.3 is 0 Å². The molecule has 1 aliphatic heterocycles. The molecule has 2 N–H and O–H groups in total. The molecule has 0 atom stereocenters. The first kappa shape index (κ1) is 23.6. The summed E-state index contributed by atoms with van der Waals surface area (Å²) >= 11 is 0. The highest BCUT2D eigenvalue weighted by atomic mass is 16.5. The van der Waals surface area contributed by atoms with E-state index in [0.29, 0.717) is 42.7 Å². The zero-order chi connectivity index (χ0) is 22.8. The molecule has 0 spiro atoms. The molecule has 172 valence electrons. The van der Waals surface area contributed by atoms with Crippen LogP contribution < -0.4 is 15.4 Å². The number of nitrogens with zero attached hydrogens (tertiary/aromatic N) is 1. The Kier molecular flexibility index (Phi) is 8.92. The quantitative estimate of drug-likeness (QED) is 0.547. The van der Waals surface area contributed by atoms with Gasteiger partial charge in [-0.2, -0.15) is 0 Å². The molecule has 0 aliphatic carbocycles. The van der Waals surface area contributed by atoms with E-state index in [9.17, 15) is 9.59 Å². The number of hydrogen-bond donors (Lipinski definition) is 2. The van der Waals surface area contributed by atoms with Crippen LogP contribution in [0.5, 0.6) is 5.75 Å². The van der Waals surface area contributed by atoms with Crippen LogP contribution in [0.2, 0.25) is 0 Å². The van der Waals surface area contributed by atoms with E-state index in [1.54, 1.807) is 24.3 Å². The smallest absolute Gasteiger partial charge is 0.253 e. The fourth-order valence-electron chi connectivity index (χ4n) is 3.56. The Balaban J connectivity index is 1.48. The lowest BCUT2D eigenvalue weighted by Crippen LogP contribution is -2.37. The average molecular weight is 440 g/mol. The maximum Gasteiger partial charge on any atom is 0.253 e. The molecule has 7 nitrogen and oxygen atoms in total.